The van der Waals surface area contributed by atoms with Crippen molar-refractivity contribution in [2.24, 2.45) is 7.05 Å². The zero-order chi connectivity index (χ0) is 34.6. The van der Waals surface area contributed by atoms with Gasteiger partial charge >= 0.3 is 10.2 Å². The molecule has 0 spiro atoms. The highest BCUT2D eigenvalue weighted by atomic mass is 32.2. The number of rotatable bonds is 8. The van der Waals surface area contributed by atoms with Gasteiger partial charge in [-0.2, -0.15) is 18.2 Å². The molecular weight excluding hydrogens is 655 g/mol. The van der Waals surface area contributed by atoms with Crippen LogP contribution in [0.1, 0.15) is 70.5 Å². The van der Waals surface area contributed by atoms with E-state index < -0.39 is 22.2 Å². The number of carbonyl (C=O) groups is 1. The van der Waals surface area contributed by atoms with E-state index in [1.54, 1.807) is 27.7 Å². The van der Waals surface area contributed by atoms with Gasteiger partial charge in [0, 0.05) is 42.9 Å². The second-order valence-corrected chi connectivity index (χ2v) is 14.1. The smallest absolute Gasteiger partial charge is 0.300 e. The number of aryl methyl sites for hydroxylation is 3. The van der Waals surface area contributed by atoms with E-state index in [0.717, 1.165) is 47.8 Å². The van der Waals surface area contributed by atoms with Gasteiger partial charge in [-0.3, -0.25) is 23.6 Å². The summed E-state index contributed by atoms with van der Waals surface area (Å²) < 4.78 is 35.5. The first-order valence-electron chi connectivity index (χ1n) is 16.4. The van der Waals surface area contributed by atoms with Crippen LogP contribution in [0, 0.1) is 11.8 Å². The molecule has 2 aliphatic rings. The van der Waals surface area contributed by atoms with Crippen LogP contribution in [0.15, 0.2) is 78.1 Å². The minimum Gasteiger partial charge on any atom is -0.344 e. The number of benzene rings is 2. The third-order valence-electron chi connectivity index (χ3n) is 9.00. The minimum atomic E-state index is -4.01. The molecule has 1 fully saturated rings. The molecule has 50 heavy (non-hydrogen) atoms. The van der Waals surface area contributed by atoms with Crippen molar-refractivity contribution in [1.29, 1.82) is 0 Å². The number of pyridine rings is 1. The van der Waals surface area contributed by atoms with Crippen LogP contribution in [0.5, 0.6) is 0 Å². The Balaban J connectivity index is 1.27. The summed E-state index contributed by atoms with van der Waals surface area (Å²) in [6.45, 7) is 1.83. The van der Waals surface area contributed by atoms with Crippen molar-refractivity contribution in [2.45, 2.75) is 51.1 Å². The lowest BCUT2D eigenvalue weighted by Gasteiger charge is -2.28. The summed E-state index contributed by atoms with van der Waals surface area (Å²) in [5, 5.41) is 13.0. The number of fused-ring (bicyclic) bond motifs is 1. The van der Waals surface area contributed by atoms with Gasteiger partial charge in [0.2, 0.25) is 0 Å². The minimum absolute atomic E-state index is 0.0321. The standard InChI is InChI=1S/C36H33N9O4S/c1-22(39-35(46)31-33(40-44-19-7-18-37-34(31)44)42-50(48,49)41-26-16-17-26)32-28-11-6-8-24-14-15-25(13-12-23-20-38-43(2)21-23)30(29(24)28)36(47)45(32)27-9-4-3-5-10-27/h3-5,7,9-10,14-15,18-22,26,41H,6,8,11,16-17H2,1-2H3,(H,39,46)(H,40,42)/t22-/m1/s1. The number of nitrogens with one attached hydrogen (secondary N) is 3. The van der Waals surface area contributed by atoms with Crippen molar-refractivity contribution < 1.29 is 13.2 Å². The number of anilines is 1. The van der Waals surface area contributed by atoms with Gasteiger partial charge in [0.1, 0.15) is 5.56 Å². The molecule has 4 heterocycles. The van der Waals surface area contributed by atoms with E-state index in [1.807, 2.05) is 62.6 Å². The fourth-order valence-corrected chi connectivity index (χ4v) is 7.84. The van der Waals surface area contributed by atoms with Crippen LogP contribution in [0.4, 0.5) is 5.82 Å². The van der Waals surface area contributed by atoms with Gasteiger partial charge in [-0.1, -0.05) is 36.1 Å². The van der Waals surface area contributed by atoms with Crippen LogP contribution in [-0.4, -0.2) is 49.3 Å². The van der Waals surface area contributed by atoms with E-state index in [1.165, 1.54) is 10.7 Å². The highest BCUT2D eigenvalue weighted by Gasteiger charge is 2.32. The topological polar surface area (TPSA) is 157 Å². The summed E-state index contributed by atoms with van der Waals surface area (Å²) in [7, 11) is -2.18. The predicted octanol–water partition coefficient (Wildman–Crippen LogP) is 3.56. The fourth-order valence-electron chi connectivity index (χ4n) is 6.71. The molecule has 0 radical (unpaired) electrons. The summed E-state index contributed by atoms with van der Waals surface area (Å²) in [5.41, 5.74) is 4.54. The number of para-hydroxylation sites is 1. The Morgan fingerprint density at radius 2 is 1.86 bits per heavy atom. The lowest BCUT2D eigenvalue weighted by atomic mass is 9.85. The molecule has 2 aromatic carbocycles. The molecule has 252 valence electrons. The van der Waals surface area contributed by atoms with E-state index in [9.17, 15) is 18.0 Å². The van der Waals surface area contributed by atoms with Crippen molar-refractivity contribution in [3.8, 4) is 17.5 Å². The zero-order valence-electron chi connectivity index (χ0n) is 27.3. The molecule has 0 aliphatic heterocycles. The fraction of sp³-hybridized carbons (Fsp3) is 0.250. The Morgan fingerprint density at radius 1 is 1.04 bits per heavy atom. The molecule has 1 saturated carbocycles. The maximum Gasteiger partial charge on any atom is 0.300 e. The molecule has 8 rings (SSSR count). The zero-order valence-corrected chi connectivity index (χ0v) is 28.2. The van der Waals surface area contributed by atoms with Gasteiger partial charge in [0.05, 0.1) is 28.9 Å². The Morgan fingerprint density at radius 3 is 2.62 bits per heavy atom. The molecule has 1 amide bonds. The first-order chi connectivity index (χ1) is 24.2. The number of aromatic nitrogens is 6. The first kappa shape index (κ1) is 31.5. The highest BCUT2D eigenvalue weighted by Crippen LogP contribution is 2.36. The van der Waals surface area contributed by atoms with Crippen molar-refractivity contribution >= 4 is 38.4 Å². The van der Waals surface area contributed by atoms with E-state index in [2.05, 4.69) is 41.8 Å². The van der Waals surface area contributed by atoms with Gasteiger partial charge in [-0.15, -0.1) is 5.10 Å². The van der Waals surface area contributed by atoms with E-state index >= 15 is 0 Å². The SMILES string of the molecule is C[C@@H](NC(=O)c1c(NS(=O)(=O)NC2CC2)nn2cccnc12)c1c2c3c(ccc(C#Cc4cnn(C)c4)c3c(=O)n1-c1ccccc1)CCC2. The predicted molar refractivity (Wildman–Crippen MR) is 188 cm³/mol. The van der Waals surface area contributed by atoms with E-state index in [-0.39, 0.29) is 28.6 Å². The molecule has 14 heteroatoms. The van der Waals surface area contributed by atoms with Gasteiger partial charge < -0.3 is 5.32 Å². The summed E-state index contributed by atoms with van der Waals surface area (Å²) in [6, 6.07) is 14.1. The molecular formula is C36H33N9O4S. The number of carbonyl (C=O) groups excluding carboxylic acids is 1. The second kappa shape index (κ2) is 12.3. The Hall–Kier alpha value is -5.78. The summed E-state index contributed by atoms with van der Waals surface area (Å²) in [6.07, 6.45) is 10.4. The van der Waals surface area contributed by atoms with E-state index in [0.29, 0.717) is 28.8 Å². The van der Waals surface area contributed by atoms with Crippen LogP contribution in [0.25, 0.3) is 22.1 Å². The number of amides is 1. The lowest BCUT2D eigenvalue weighted by Crippen LogP contribution is -2.35. The molecule has 4 aromatic heterocycles. The van der Waals surface area contributed by atoms with E-state index in [4.69, 9.17) is 0 Å². The maximum absolute atomic E-state index is 14.8. The number of hydrogen-bond donors (Lipinski definition) is 3. The average Bonchev–Trinajstić information content (AvgIpc) is 3.68. The third kappa shape index (κ3) is 5.80. The first-order valence-corrected chi connectivity index (χ1v) is 17.9. The van der Waals surface area contributed by atoms with Crippen LogP contribution in [0.3, 0.4) is 0 Å². The molecule has 3 N–H and O–H groups in total. The molecule has 6 aromatic rings. The van der Waals surface area contributed by atoms with Crippen molar-refractivity contribution in [3.63, 3.8) is 0 Å². The molecule has 0 unspecified atom stereocenters. The summed E-state index contributed by atoms with van der Waals surface area (Å²) >= 11 is 0. The number of nitrogens with zero attached hydrogens (tertiary/aromatic N) is 6. The summed E-state index contributed by atoms with van der Waals surface area (Å²) in [4.78, 5) is 33.4. The van der Waals surface area contributed by atoms with Gasteiger partial charge in [0.25, 0.3) is 11.5 Å². The van der Waals surface area contributed by atoms with Crippen LogP contribution >= 0.6 is 0 Å². The largest absolute Gasteiger partial charge is 0.344 e. The number of hydrogen-bond acceptors (Lipinski definition) is 7. The third-order valence-corrected chi connectivity index (χ3v) is 10.1. The van der Waals surface area contributed by atoms with Gasteiger partial charge in [-0.25, -0.2) is 9.50 Å². The van der Waals surface area contributed by atoms with Crippen molar-refractivity contribution in [2.75, 3.05) is 4.72 Å². The Bertz CT molecular complexity index is 2560. The molecule has 0 saturated heterocycles. The molecule has 13 nitrogen and oxygen atoms in total. The quantitative estimate of drug-likeness (QED) is 0.207. The van der Waals surface area contributed by atoms with Crippen molar-refractivity contribution in [1.82, 2.24) is 39.0 Å². The summed E-state index contributed by atoms with van der Waals surface area (Å²) in [5.74, 6) is 5.64. The maximum atomic E-state index is 14.8. The van der Waals surface area contributed by atoms with Gasteiger partial charge in [0.15, 0.2) is 11.5 Å². The van der Waals surface area contributed by atoms with Crippen LogP contribution < -0.4 is 20.3 Å². The molecule has 1 atom stereocenters. The monoisotopic (exact) mass is 687 g/mol. The highest BCUT2D eigenvalue weighted by molar-refractivity contribution is 7.90. The average molecular weight is 688 g/mol. The van der Waals surface area contributed by atoms with Gasteiger partial charge in [-0.05, 0) is 79.8 Å². The normalized spacial score (nSPS) is 14.7. The van der Waals surface area contributed by atoms with Crippen LogP contribution in [-0.2, 0) is 30.1 Å². The Labute approximate surface area is 287 Å². The molecule has 2 aliphatic carbocycles. The Kier molecular flexibility index (Phi) is 7.73. The lowest BCUT2D eigenvalue weighted by molar-refractivity contribution is 0.0941. The second-order valence-electron chi connectivity index (χ2n) is 12.7. The molecule has 0 bridgehead atoms. The van der Waals surface area contributed by atoms with Crippen LogP contribution in [0.2, 0.25) is 0 Å². The van der Waals surface area contributed by atoms with Crippen molar-refractivity contribution in [3.05, 3.63) is 117 Å².